The van der Waals surface area contributed by atoms with Gasteiger partial charge in [0.25, 0.3) is 11.6 Å². The van der Waals surface area contributed by atoms with Gasteiger partial charge in [0, 0.05) is 24.0 Å². The molecule has 1 amide bonds. The number of carbonyl (C=O) groups is 1. The van der Waals surface area contributed by atoms with Crippen LogP contribution in [0.2, 0.25) is 0 Å². The van der Waals surface area contributed by atoms with Crippen molar-refractivity contribution >= 4 is 29.6 Å². The Bertz CT molecular complexity index is 1350. The third-order valence-electron chi connectivity index (χ3n) is 4.67. The maximum absolute atomic E-state index is 12.7. The molecular weight excluding hydrogens is 466 g/mol. The van der Waals surface area contributed by atoms with E-state index in [2.05, 4.69) is 20.5 Å². The summed E-state index contributed by atoms with van der Waals surface area (Å²) in [5, 5.41) is 15.9. The van der Waals surface area contributed by atoms with Crippen LogP contribution in [-0.4, -0.2) is 27.0 Å². The Morgan fingerprint density at radius 2 is 1.77 bits per heavy atom. The lowest BCUT2D eigenvalue weighted by atomic mass is 10.2. The molecule has 4 rings (SSSR count). The number of amides is 1. The van der Waals surface area contributed by atoms with Crippen molar-refractivity contribution < 1.29 is 14.5 Å². The number of nitrogens with one attached hydrogen (secondary N) is 1. The molecule has 0 saturated carbocycles. The summed E-state index contributed by atoms with van der Waals surface area (Å²) in [5.41, 5.74) is 4.07. The summed E-state index contributed by atoms with van der Waals surface area (Å²) in [5.74, 6) is -0.0444. The minimum absolute atomic E-state index is 0.114. The number of para-hydroxylation sites is 1. The summed E-state index contributed by atoms with van der Waals surface area (Å²) in [6, 6.07) is 22.7. The Morgan fingerprint density at radius 1 is 1.03 bits per heavy atom. The minimum Gasteiger partial charge on any atom is -0.488 e. The van der Waals surface area contributed by atoms with E-state index in [1.165, 1.54) is 12.3 Å². The first-order valence-corrected chi connectivity index (χ1v) is 11.2. The molecule has 0 bridgehead atoms. The number of carbonyl (C=O) groups excluding carboxylic acids is 1. The zero-order valence-corrected chi connectivity index (χ0v) is 19.1. The van der Waals surface area contributed by atoms with E-state index in [0.29, 0.717) is 33.5 Å². The third-order valence-corrected chi connectivity index (χ3v) is 5.63. The molecule has 0 spiro atoms. The van der Waals surface area contributed by atoms with Crippen molar-refractivity contribution in [2.24, 2.45) is 5.10 Å². The molecule has 4 aromatic rings. The predicted molar refractivity (Wildman–Crippen MR) is 132 cm³/mol. The van der Waals surface area contributed by atoms with Gasteiger partial charge in [0.05, 0.1) is 21.6 Å². The lowest BCUT2D eigenvalue weighted by Crippen LogP contribution is -2.18. The number of ether oxygens (including phenoxy) is 1. The van der Waals surface area contributed by atoms with Gasteiger partial charge in [-0.1, -0.05) is 48.5 Å². The maximum Gasteiger partial charge on any atom is 0.283 e. The van der Waals surface area contributed by atoms with Gasteiger partial charge in [-0.3, -0.25) is 14.9 Å². The lowest BCUT2D eigenvalue weighted by Gasteiger charge is -2.10. The second-order valence-corrected chi connectivity index (χ2v) is 8.10. The summed E-state index contributed by atoms with van der Waals surface area (Å²) < 4.78 is 5.81. The average Bonchev–Trinajstić information content (AvgIpc) is 2.89. The summed E-state index contributed by atoms with van der Waals surface area (Å²) in [6.45, 7) is 0.316. The first-order chi connectivity index (χ1) is 17.1. The van der Waals surface area contributed by atoms with Crippen LogP contribution in [0, 0.1) is 10.1 Å². The van der Waals surface area contributed by atoms with Crippen LogP contribution in [0.1, 0.15) is 21.5 Å². The van der Waals surface area contributed by atoms with Crippen LogP contribution in [-0.2, 0) is 6.61 Å². The SMILES string of the molecule is O=C(N/N=C/c1ccc(Sc2ncccn2)c([N+](=O)[O-])c1)c1ccccc1OCc1ccccc1. The molecule has 0 aliphatic carbocycles. The van der Waals surface area contributed by atoms with Crippen LogP contribution in [0.25, 0.3) is 0 Å². The third kappa shape index (κ3) is 6.49. The van der Waals surface area contributed by atoms with E-state index >= 15 is 0 Å². The number of hydrazone groups is 1. The summed E-state index contributed by atoms with van der Waals surface area (Å²) in [4.78, 5) is 32.3. The molecule has 0 unspecified atom stereocenters. The van der Waals surface area contributed by atoms with Crippen LogP contribution >= 0.6 is 11.8 Å². The number of aromatic nitrogens is 2. The number of rotatable bonds is 9. The van der Waals surface area contributed by atoms with Gasteiger partial charge < -0.3 is 4.74 Å². The topological polar surface area (TPSA) is 120 Å². The highest BCUT2D eigenvalue weighted by Gasteiger charge is 2.17. The van der Waals surface area contributed by atoms with Crippen molar-refractivity contribution in [2.45, 2.75) is 16.7 Å². The van der Waals surface area contributed by atoms with Gasteiger partial charge in [-0.25, -0.2) is 15.4 Å². The van der Waals surface area contributed by atoms with Crippen molar-refractivity contribution in [2.75, 3.05) is 0 Å². The first kappa shape index (κ1) is 23.6. The first-order valence-electron chi connectivity index (χ1n) is 10.4. The van der Waals surface area contributed by atoms with Gasteiger partial charge >= 0.3 is 0 Å². The van der Waals surface area contributed by atoms with E-state index in [-0.39, 0.29) is 5.69 Å². The Hall–Kier alpha value is -4.57. The van der Waals surface area contributed by atoms with Crippen LogP contribution in [0.4, 0.5) is 5.69 Å². The molecule has 9 nitrogen and oxygen atoms in total. The molecule has 35 heavy (non-hydrogen) atoms. The molecule has 0 aliphatic heterocycles. The Labute approximate surface area is 205 Å². The van der Waals surface area contributed by atoms with Crippen molar-refractivity contribution in [1.29, 1.82) is 0 Å². The second kappa shape index (κ2) is 11.5. The fourth-order valence-corrected chi connectivity index (χ4v) is 3.82. The van der Waals surface area contributed by atoms with E-state index in [4.69, 9.17) is 4.74 Å². The largest absolute Gasteiger partial charge is 0.488 e. The molecule has 0 aliphatic rings. The Kier molecular flexibility index (Phi) is 7.77. The maximum atomic E-state index is 12.7. The van der Waals surface area contributed by atoms with E-state index in [0.717, 1.165) is 17.3 Å². The zero-order chi connectivity index (χ0) is 24.5. The molecule has 3 aromatic carbocycles. The van der Waals surface area contributed by atoms with Gasteiger partial charge in [0.1, 0.15) is 12.4 Å². The smallest absolute Gasteiger partial charge is 0.283 e. The van der Waals surface area contributed by atoms with Crippen LogP contribution < -0.4 is 10.2 Å². The molecule has 174 valence electrons. The lowest BCUT2D eigenvalue weighted by molar-refractivity contribution is -0.387. The fraction of sp³-hybridized carbons (Fsp3) is 0.0400. The van der Waals surface area contributed by atoms with Gasteiger partial charge in [-0.2, -0.15) is 5.10 Å². The number of hydrogen-bond acceptors (Lipinski definition) is 8. The monoisotopic (exact) mass is 485 g/mol. The average molecular weight is 486 g/mol. The molecule has 10 heteroatoms. The highest BCUT2D eigenvalue weighted by atomic mass is 32.2. The quantitative estimate of drug-likeness (QED) is 0.155. The van der Waals surface area contributed by atoms with E-state index in [1.807, 2.05) is 30.3 Å². The van der Waals surface area contributed by atoms with Gasteiger partial charge in [0.15, 0.2) is 5.16 Å². The molecule has 0 fully saturated rings. The Morgan fingerprint density at radius 3 is 2.54 bits per heavy atom. The van der Waals surface area contributed by atoms with Crippen LogP contribution in [0.3, 0.4) is 0 Å². The summed E-state index contributed by atoms with van der Waals surface area (Å²) in [7, 11) is 0. The van der Waals surface area contributed by atoms with E-state index < -0.39 is 10.8 Å². The minimum atomic E-state index is -0.485. The van der Waals surface area contributed by atoms with Gasteiger partial charge in [-0.15, -0.1) is 0 Å². The van der Waals surface area contributed by atoms with Crippen molar-refractivity contribution in [3.8, 4) is 5.75 Å². The van der Waals surface area contributed by atoms with Gasteiger partial charge in [0.2, 0.25) is 0 Å². The normalized spacial score (nSPS) is 10.7. The fourth-order valence-electron chi connectivity index (χ4n) is 3.02. The molecule has 1 heterocycles. The van der Waals surface area contributed by atoms with E-state index in [1.54, 1.807) is 54.9 Å². The molecule has 0 radical (unpaired) electrons. The van der Waals surface area contributed by atoms with Crippen LogP contribution in [0.5, 0.6) is 5.75 Å². The van der Waals surface area contributed by atoms with E-state index in [9.17, 15) is 14.9 Å². The molecule has 1 N–H and O–H groups in total. The Balaban J connectivity index is 1.43. The van der Waals surface area contributed by atoms with Crippen molar-refractivity contribution in [1.82, 2.24) is 15.4 Å². The molecule has 1 aromatic heterocycles. The summed E-state index contributed by atoms with van der Waals surface area (Å²) >= 11 is 1.09. The number of nitro benzene ring substituents is 1. The highest BCUT2D eigenvalue weighted by Crippen LogP contribution is 2.33. The van der Waals surface area contributed by atoms with Gasteiger partial charge in [-0.05, 0) is 41.6 Å². The predicted octanol–water partition coefficient (Wildman–Crippen LogP) is 4.88. The molecule has 0 atom stereocenters. The highest BCUT2D eigenvalue weighted by molar-refractivity contribution is 7.99. The summed E-state index contributed by atoms with van der Waals surface area (Å²) in [6.07, 6.45) is 4.47. The zero-order valence-electron chi connectivity index (χ0n) is 18.3. The standard InChI is InChI=1S/C25H19N5O4S/c31-24(20-9-4-5-10-22(20)34-17-18-7-2-1-3-8-18)29-28-16-19-11-12-23(21(15-19)30(32)33)35-25-26-13-6-14-27-25/h1-16H,17H2,(H,29,31)/b28-16+. The van der Waals surface area contributed by atoms with Crippen molar-refractivity contribution in [3.63, 3.8) is 0 Å². The number of nitrogens with zero attached hydrogens (tertiary/aromatic N) is 4. The van der Waals surface area contributed by atoms with Crippen molar-refractivity contribution in [3.05, 3.63) is 118 Å². The molecule has 0 saturated heterocycles. The number of hydrogen-bond donors (Lipinski definition) is 1. The number of benzene rings is 3. The number of nitro groups is 1. The molecular formula is C25H19N5O4S. The second-order valence-electron chi connectivity index (χ2n) is 7.09. The van der Waals surface area contributed by atoms with Crippen LogP contribution in [0.15, 0.2) is 106 Å².